The molecule has 5 rings (SSSR count). The number of carbonyl (C=O) groups is 2. The van der Waals surface area contributed by atoms with Gasteiger partial charge in [-0.05, 0) is 30.3 Å². The van der Waals surface area contributed by atoms with Crippen LogP contribution in [0.4, 0.5) is 16.4 Å². The molecular formula is C26H24N4O6. The van der Waals surface area contributed by atoms with Gasteiger partial charge in [0.1, 0.15) is 12.4 Å². The van der Waals surface area contributed by atoms with E-state index in [-0.39, 0.29) is 11.9 Å². The summed E-state index contributed by atoms with van der Waals surface area (Å²) in [6, 6.07) is 18.9. The molecule has 1 aliphatic heterocycles. The van der Waals surface area contributed by atoms with Crippen LogP contribution >= 0.6 is 0 Å². The molecule has 2 amide bonds. The van der Waals surface area contributed by atoms with Gasteiger partial charge in [-0.15, -0.1) is 0 Å². The molecule has 36 heavy (non-hydrogen) atoms. The van der Waals surface area contributed by atoms with E-state index < -0.39 is 11.8 Å². The summed E-state index contributed by atoms with van der Waals surface area (Å²) in [5, 5.41) is 21.6. The number of aromatic nitrogens is 2. The zero-order chi connectivity index (χ0) is 25.4. The monoisotopic (exact) mass is 488 g/mol. The number of rotatable bonds is 7. The zero-order valence-electron chi connectivity index (χ0n) is 19.6. The van der Waals surface area contributed by atoms with E-state index in [4.69, 9.17) is 9.47 Å². The molecule has 4 aromatic rings. The van der Waals surface area contributed by atoms with Crippen LogP contribution in [0.5, 0.6) is 5.75 Å². The second kappa shape index (κ2) is 8.99. The zero-order valence-corrected chi connectivity index (χ0v) is 19.6. The Morgan fingerprint density at radius 3 is 2.69 bits per heavy atom. The summed E-state index contributed by atoms with van der Waals surface area (Å²) in [5.74, 6) is 0.303. The van der Waals surface area contributed by atoms with E-state index in [2.05, 4.69) is 9.97 Å². The number of methoxy groups -OCH3 is 1. The lowest BCUT2D eigenvalue weighted by Crippen LogP contribution is -2.45. The average molecular weight is 489 g/mol. The summed E-state index contributed by atoms with van der Waals surface area (Å²) >= 11 is 0. The number of H-pyrrole nitrogens is 1. The average Bonchev–Trinajstić information content (AvgIpc) is 3.41. The van der Waals surface area contributed by atoms with Crippen LogP contribution in [-0.2, 0) is 10.5 Å². The second-order valence-corrected chi connectivity index (χ2v) is 8.33. The molecule has 0 radical (unpaired) electrons. The molecule has 1 aromatic heterocycles. The fourth-order valence-corrected chi connectivity index (χ4v) is 4.36. The molecule has 0 bridgehead atoms. The molecule has 1 aliphatic rings. The number of benzene rings is 3. The topological polar surface area (TPSA) is 128 Å². The Balaban J connectivity index is 1.63. The summed E-state index contributed by atoms with van der Waals surface area (Å²) < 4.78 is 10.8. The van der Waals surface area contributed by atoms with Gasteiger partial charge in [-0.3, -0.25) is 14.6 Å². The van der Waals surface area contributed by atoms with Gasteiger partial charge in [0.15, 0.2) is 5.72 Å². The van der Waals surface area contributed by atoms with E-state index in [9.17, 15) is 19.8 Å². The fraction of sp³-hybridized carbons (Fsp3) is 0.192. The van der Waals surface area contributed by atoms with Crippen molar-refractivity contribution in [3.8, 4) is 5.75 Å². The van der Waals surface area contributed by atoms with Gasteiger partial charge in [0.2, 0.25) is 5.95 Å². The number of hydrogen-bond acceptors (Lipinski definition) is 6. The quantitative estimate of drug-likeness (QED) is 0.339. The third kappa shape index (κ3) is 3.72. The van der Waals surface area contributed by atoms with Gasteiger partial charge in [0, 0.05) is 36.9 Å². The maximum absolute atomic E-state index is 13.6. The number of aliphatic hydroxyl groups is 1. The maximum atomic E-state index is 13.6. The number of carboxylic acid groups (broad SMARTS) is 1. The molecule has 0 saturated heterocycles. The third-order valence-electron chi connectivity index (χ3n) is 6.17. The van der Waals surface area contributed by atoms with Crippen LogP contribution in [-0.4, -0.2) is 59.6 Å². The number of nitrogens with zero attached hydrogens (tertiary/aromatic N) is 3. The first kappa shape index (κ1) is 23.3. The van der Waals surface area contributed by atoms with E-state index in [1.165, 1.54) is 11.9 Å². The van der Waals surface area contributed by atoms with Gasteiger partial charge in [0.25, 0.3) is 5.91 Å². The molecule has 184 valence electrons. The smallest absolute Gasteiger partial charge is 0.413 e. The number of nitrogens with one attached hydrogen (secondary N) is 1. The predicted molar refractivity (Wildman–Crippen MR) is 133 cm³/mol. The van der Waals surface area contributed by atoms with E-state index >= 15 is 0 Å². The van der Waals surface area contributed by atoms with Crippen LogP contribution in [0.1, 0.15) is 21.5 Å². The van der Waals surface area contributed by atoms with Gasteiger partial charge in [-0.1, -0.05) is 30.3 Å². The van der Waals surface area contributed by atoms with Crippen molar-refractivity contribution < 1.29 is 29.3 Å². The molecule has 1 unspecified atom stereocenters. The molecule has 0 saturated carbocycles. The number of anilines is 2. The Morgan fingerprint density at radius 2 is 1.92 bits per heavy atom. The summed E-state index contributed by atoms with van der Waals surface area (Å²) in [7, 11) is 2.96. The number of ether oxygens (including phenoxy) is 2. The van der Waals surface area contributed by atoms with Crippen LogP contribution < -0.4 is 14.5 Å². The highest BCUT2D eigenvalue weighted by atomic mass is 16.5. The Bertz CT molecular complexity index is 1470. The SMILES string of the molecule is COCCOc1cccc(N2C(=O)c3ccccc3C2(O)c2ccc3[nH]c(N(C)C(=O)O)nc3c2)c1. The molecule has 0 aliphatic carbocycles. The third-order valence-corrected chi connectivity index (χ3v) is 6.17. The molecule has 2 heterocycles. The second-order valence-electron chi connectivity index (χ2n) is 8.33. The predicted octanol–water partition coefficient (Wildman–Crippen LogP) is 3.56. The van der Waals surface area contributed by atoms with E-state index in [1.54, 1.807) is 73.8 Å². The van der Waals surface area contributed by atoms with Gasteiger partial charge in [0.05, 0.1) is 23.3 Å². The lowest BCUT2D eigenvalue weighted by atomic mass is 9.93. The van der Waals surface area contributed by atoms with Gasteiger partial charge >= 0.3 is 6.09 Å². The summed E-state index contributed by atoms with van der Waals surface area (Å²) in [4.78, 5) is 34.6. The van der Waals surface area contributed by atoms with Crippen LogP contribution in [0.15, 0.2) is 66.7 Å². The first-order valence-corrected chi connectivity index (χ1v) is 11.2. The highest BCUT2D eigenvalue weighted by Crippen LogP contribution is 2.45. The highest BCUT2D eigenvalue weighted by molar-refractivity contribution is 6.12. The molecule has 10 nitrogen and oxygen atoms in total. The number of fused-ring (bicyclic) bond motifs is 2. The van der Waals surface area contributed by atoms with Crippen LogP contribution in [0.25, 0.3) is 11.0 Å². The van der Waals surface area contributed by atoms with Crippen molar-refractivity contribution in [3.05, 3.63) is 83.4 Å². The normalized spacial score (nSPS) is 16.9. The van der Waals surface area contributed by atoms with Crippen molar-refractivity contribution >= 4 is 34.7 Å². The van der Waals surface area contributed by atoms with Crippen molar-refractivity contribution in [2.75, 3.05) is 37.2 Å². The van der Waals surface area contributed by atoms with Gasteiger partial charge in [-0.25, -0.2) is 9.78 Å². The first-order chi connectivity index (χ1) is 17.3. The van der Waals surface area contributed by atoms with Crippen LogP contribution in [0.3, 0.4) is 0 Å². The van der Waals surface area contributed by atoms with Crippen molar-refractivity contribution in [2.45, 2.75) is 5.72 Å². The molecule has 0 spiro atoms. The maximum Gasteiger partial charge on any atom is 0.413 e. The van der Waals surface area contributed by atoms with Crippen LogP contribution in [0.2, 0.25) is 0 Å². The van der Waals surface area contributed by atoms with Crippen LogP contribution in [0, 0.1) is 0 Å². The van der Waals surface area contributed by atoms with Gasteiger partial charge < -0.3 is 24.7 Å². The minimum absolute atomic E-state index is 0.141. The number of carbonyl (C=O) groups excluding carboxylic acids is 1. The highest BCUT2D eigenvalue weighted by Gasteiger charge is 2.50. The van der Waals surface area contributed by atoms with Crippen molar-refractivity contribution in [1.29, 1.82) is 0 Å². The Labute approximate surface area is 206 Å². The van der Waals surface area contributed by atoms with Gasteiger partial charge in [-0.2, -0.15) is 0 Å². The minimum atomic E-state index is -1.84. The largest absolute Gasteiger partial charge is 0.491 e. The standard InChI is InChI=1S/C26H24N4O6/c1-29(25(32)33)24-27-21-11-10-16(14-22(21)28-24)26(34)20-9-4-3-8-19(20)23(31)30(26)17-6-5-7-18(15-17)36-13-12-35-2/h3-11,14-15,34H,12-13H2,1-2H3,(H,27,28)(H,32,33). The Hall–Kier alpha value is -4.41. The molecule has 3 aromatic carbocycles. The summed E-state index contributed by atoms with van der Waals surface area (Å²) in [5.41, 5.74) is 0.834. The Morgan fingerprint density at radius 1 is 1.11 bits per heavy atom. The van der Waals surface area contributed by atoms with E-state index in [0.29, 0.717) is 52.4 Å². The number of aromatic amines is 1. The van der Waals surface area contributed by atoms with Crippen molar-refractivity contribution in [1.82, 2.24) is 9.97 Å². The fourth-order valence-electron chi connectivity index (χ4n) is 4.36. The lowest BCUT2D eigenvalue weighted by Gasteiger charge is -2.35. The number of amides is 2. The molecule has 1 atom stereocenters. The molecule has 0 fully saturated rings. The summed E-state index contributed by atoms with van der Waals surface area (Å²) in [6.45, 7) is 0.742. The minimum Gasteiger partial charge on any atom is -0.491 e. The number of hydrogen-bond donors (Lipinski definition) is 3. The van der Waals surface area contributed by atoms with Crippen molar-refractivity contribution in [2.24, 2.45) is 0 Å². The number of imidazole rings is 1. The Kier molecular flexibility index (Phi) is 5.83. The van der Waals surface area contributed by atoms with E-state index in [1.807, 2.05) is 0 Å². The molecule has 3 N–H and O–H groups in total. The molecule has 10 heteroatoms. The molecular weight excluding hydrogens is 464 g/mol. The first-order valence-electron chi connectivity index (χ1n) is 11.2. The van der Waals surface area contributed by atoms with E-state index in [0.717, 1.165) is 4.90 Å². The summed E-state index contributed by atoms with van der Waals surface area (Å²) in [6.07, 6.45) is -1.16. The van der Waals surface area contributed by atoms with Crippen molar-refractivity contribution in [3.63, 3.8) is 0 Å². The lowest BCUT2D eigenvalue weighted by molar-refractivity contribution is 0.0703.